The van der Waals surface area contributed by atoms with Crippen molar-refractivity contribution < 1.29 is 23.3 Å². The smallest absolute Gasteiger partial charge is 0.291 e. The summed E-state index contributed by atoms with van der Waals surface area (Å²) in [5.41, 5.74) is 2.95. The Morgan fingerprint density at radius 2 is 1.78 bits per heavy atom. The number of benzene rings is 3. The number of carbonyl (C=O) groups excluding carboxylic acids is 1. The van der Waals surface area contributed by atoms with Gasteiger partial charge < -0.3 is 14.5 Å². The first kappa shape index (κ1) is 22.7. The third-order valence-corrected chi connectivity index (χ3v) is 5.53. The van der Waals surface area contributed by atoms with E-state index in [1.165, 1.54) is 48.3 Å². The second-order valence-corrected chi connectivity index (χ2v) is 7.88. The van der Waals surface area contributed by atoms with Crippen molar-refractivity contribution in [2.75, 3.05) is 12.4 Å². The number of ether oxygens (including phenoxy) is 1. The molecule has 3 aromatic carbocycles. The fraction of sp³-hybridized carbons (Fsp3) is 0.0800. The second-order valence-electron chi connectivity index (χ2n) is 7.88. The van der Waals surface area contributed by atoms with Gasteiger partial charge in [-0.3, -0.25) is 14.9 Å². The van der Waals surface area contributed by atoms with E-state index in [4.69, 9.17) is 9.15 Å². The average Bonchev–Trinajstić information content (AvgIpc) is 3.52. The van der Waals surface area contributed by atoms with Gasteiger partial charge in [-0.25, -0.2) is 4.39 Å². The molecule has 0 spiro atoms. The molecule has 1 amide bonds. The summed E-state index contributed by atoms with van der Waals surface area (Å²) in [5.74, 6) is -0.421. The van der Waals surface area contributed by atoms with E-state index < -0.39 is 10.8 Å². The van der Waals surface area contributed by atoms with Gasteiger partial charge in [-0.2, -0.15) is 4.80 Å². The predicted octanol–water partition coefficient (Wildman–Crippen LogP) is 5.30. The van der Waals surface area contributed by atoms with Crippen LogP contribution in [-0.4, -0.2) is 32.9 Å². The summed E-state index contributed by atoms with van der Waals surface area (Å²) in [6, 6.07) is 16.5. The minimum atomic E-state index is -0.544. The van der Waals surface area contributed by atoms with Crippen molar-refractivity contribution in [1.82, 2.24) is 15.0 Å². The van der Waals surface area contributed by atoms with Gasteiger partial charge in [-0.15, -0.1) is 10.2 Å². The first-order chi connectivity index (χ1) is 17.3. The molecular formula is C25H18FN5O5. The molecule has 0 atom stereocenters. The first-order valence-corrected chi connectivity index (χ1v) is 10.7. The number of carbonyl (C=O) groups is 1. The number of nitrogens with zero attached hydrogens (tertiary/aromatic N) is 4. The lowest BCUT2D eigenvalue weighted by atomic mass is 10.1. The zero-order valence-electron chi connectivity index (χ0n) is 19.1. The highest BCUT2D eigenvalue weighted by molar-refractivity contribution is 6.04. The number of aromatic nitrogens is 3. The number of amides is 1. The molecule has 0 aliphatic heterocycles. The van der Waals surface area contributed by atoms with Gasteiger partial charge in [0, 0.05) is 5.69 Å². The topological polar surface area (TPSA) is 125 Å². The Morgan fingerprint density at radius 1 is 1.06 bits per heavy atom. The molecule has 5 aromatic rings. The first-order valence-electron chi connectivity index (χ1n) is 10.7. The van der Waals surface area contributed by atoms with Crippen LogP contribution in [0.4, 0.5) is 15.8 Å². The largest absolute Gasteiger partial charge is 0.497 e. The quantitative estimate of drug-likeness (QED) is 0.255. The summed E-state index contributed by atoms with van der Waals surface area (Å²) in [5, 5.41) is 23.1. The average molecular weight is 487 g/mol. The summed E-state index contributed by atoms with van der Waals surface area (Å²) in [6.07, 6.45) is 0. The molecule has 2 aromatic heterocycles. The van der Waals surface area contributed by atoms with Gasteiger partial charge in [0.05, 0.1) is 29.4 Å². The van der Waals surface area contributed by atoms with Crippen molar-refractivity contribution in [3.8, 4) is 22.8 Å². The maximum absolute atomic E-state index is 13.2. The van der Waals surface area contributed by atoms with Crippen molar-refractivity contribution in [3.05, 3.63) is 94.0 Å². The van der Waals surface area contributed by atoms with E-state index in [-0.39, 0.29) is 28.6 Å². The zero-order chi connectivity index (χ0) is 25.4. The van der Waals surface area contributed by atoms with Crippen molar-refractivity contribution in [2.45, 2.75) is 6.92 Å². The molecule has 10 nitrogen and oxygen atoms in total. The molecule has 0 fully saturated rings. The van der Waals surface area contributed by atoms with Crippen LogP contribution in [0.5, 0.6) is 5.75 Å². The van der Waals surface area contributed by atoms with Gasteiger partial charge in [0.15, 0.2) is 5.76 Å². The van der Waals surface area contributed by atoms with Crippen LogP contribution in [0.25, 0.3) is 28.0 Å². The number of nitro groups is 1. The van der Waals surface area contributed by atoms with Crippen molar-refractivity contribution in [2.24, 2.45) is 0 Å². The van der Waals surface area contributed by atoms with E-state index in [1.807, 2.05) is 0 Å². The molecule has 0 aliphatic carbocycles. The molecule has 0 saturated carbocycles. The molecular weight excluding hydrogens is 469 g/mol. The summed E-state index contributed by atoms with van der Waals surface area (Å²) in [4.78, 5) is 25.2. The highest BCUT2D eigenvalue weighted by atomic mass is 19.1. The zero-order valence-corrected chi connectivity index (χ0v) is 19.1. The van der Waals surface area contributed by atoms with Crippen LogP contribution >= 0.6 is 0 Å². The summed E-state index contributed by atoms with van der Waals surface area (Å²) in [7, 11) is 1.41. The molecule has 5 rings (SSSR count). The minimum absolute atomic E-state index is 0.0235. The predicted molar refractivity (Wildman–Crippen MR) is 129 cm³/mol. The Hall–Kier alpha value is -5.06. The Morgan fingerprint density at radius 3 is 2.47 bits per heavy atom. The number of hydrogen-bond acceptors (Lipinski definition) is 7. The highest BCUT2D eigenvalue weighted by Gasteiger charge is 2.21. The van der Waals surface area contributed by atoms with Gasteiger partial charge in [-0.05, 0) is 73.2 Å². The third-order valence-electron chi connectivity index (χ3n) is 5.53. The number of hydrogen-bond donors (Lipinski definition) is 1. The molecule has 1 N–H and O–H groups in total. The SMILES string of the molecule is COc1ccc(-c2ccc(C(=O)Nc3cc4nn(-c5ccc(F)cc5)nc4cc3C)o2)c([N+](=O)[O-])c1. The number of aryl methyl sites for hydroxylation is 1. The summed E-state index contributed by atoms with van der Waals surface area (Å²) in [6.45, 7) is 1.81. The molecule has 0 radical (unpaired) electrons. The number of methoxy groups -OCH3 is 1. The van der Waals surface area contributed by atoms with Crippen molar-refractivity contribution in [1.29, 1.82) is 0 Å². The van der Waals surface area contributed by atoms with E-state index in [9.17, 15) is 19.3 Å². The van der Waals surface area contributed by atoms with E-state index in [2.05, 4.69) is 15.5 Å². The van der Waals surface area contributed by atoms with Crippen LogP contribution in [0.1, 0.15) is 16.1 Å². The number of nitro benzene ring substituents is 1. The van der Waals surface area contributed by atoms with E-state index >= 15 is 0 Å². The van der Waals surface area contributed by atoms with Crippen LogP contribution in [0.15, 0.2) is 71.1 Å². The second kappa shape index (κ2) is 8.95. The molecule has 2 heterocycles. The maximum atomic E-state index is 13.2. The lowest BCUT2D eigenvalue weighted by molar-refractivity contribution is -0.384. The fourth-order valence-electron chi connectivity index (χ4n) is 3.68. The van der Waals surface area contributed by atoms with Gasteiger partial charge in [0.25, 0.3) is 11.6 Å². The molecule has 0 saturated heterocycles. The molecule has 0 unspecified atom stereocenters. The Balaban J connectivity index is 1.41. The number of furan rings is 1. The van der Waals surface area contributed by atoms with E-state index in [0.29, 0.717) is 28.2 Å². The van der Waals surface area contributed by atoms with Gasteiger partial charge >= 0.3 is 0 Å². The van der Waals surface area contributed by atoms with Crippen LogP contribution < -0.4 is 10.1 Å². The van der Waals surface area contributed by atoms with E-state index in [1.54, 1.807) is 37.3 Å². The van der Waals surface area contributed by atoms with Gasteiger partial charge in [0.1, 0.15) is 28.4 Å². The molecule has 180 valence electrons. The van der Waals surface area contributed by atoms with Gasteiger partial charge in [-0.1, -0.05) is 0 Å². The van der Waals surface area contributed by atoms with Crippen LogP contribution in [0.2, 0.25) is 0 Å². The Kier molecular flexibility index (Phi) is 5.65. The lowest BCUT2D eigenvalue weighted by Gasteiger charge is -2.07. The van der Waals surface area contributed by atoms with Crippen LogP contribution in [0.3, 0.4) is 0 Å². The number of nitrogens with one attached hydrogen (secondary N) is 1. The van der Waals surface area contributed by atoms with Crippen molar-refractivity contribution >= 4 is 28.3 Å². The van der Waals surface area contributed by atoms with Gasteiger partial charge in [0.2, 0.25) is 0 Å². The Labute approximate surface area is 203 Å². The van der Waals surface area contributed by atoms with E-state index in [0.717, 1.165) is 5.56 Å². The summed E-state index contributed by atoms with van der Waals surface area (Å²) < 4.78 is 23.9. The lowest BCUT2D eigenvalue weighted by Crippen LogP contribution is -2.11. The monoisotopic (exact) mass is 487 g/mol. The number of fused-ring (bicyclic) bond motifs is 1. The number of halogens is 1. The third kappa shape index (κ3) is 4.25. The molecule has 11 heteroatoms. The van der Waals surface area contributed by atoms with Crippen molar-refractivity contribution in [3.63, 3.8) is 0 Å². The molecule has 0 aliphatic rings. The number of rotatable bonds is 6. The Bertz CT molecular complexity index is 1620. The number of anilines is 1. The standard InChI is InChI=1S/C25H18FN5O5/c1-14-11-20-21(29-30(28-20)16-5-3-15(26)4-6-16)13-19(14)27-25(32)24-10-9-23(36-24)18-8-7-17(35-2)12-22(18)31(33)34/h3-13H,1-2H3,(H,27,32). The maximum Gasteiger partial charge on any atom is 0.291 e. The molecule has 36 heavy (non-hydrogen) atoms. The highest BCUT2D eigenvalue weighted by Crippen LogP contribution is 2.34. The minimum Gasteiger partial charge on any atom is -0.497 e. The molecule has 0 bridgehead atoms. The fourth-order valence-corrected chi connectivity index (χ4v) is 3.68. The van der Waals surface area contributed by atoms with Crippen LogP contribution in [0, 0.1) is 22.9 Å². The van der Waals surface area contributed by atoms with Crippen LogP contribution in [-0.2, 0) is 0 Å². The normalized spacial score (nSPS) is 11.0. The summed E-state index contributed by atoms with van der Waals surface area (Å²) >= 11 is 0.